The number of nitrogens with zero attached hydrogens (tertiary/aromatic N) is 1. The van der Waals surface area contributed by atoms with E-state index in [2.05, 4.69) is 10.3 Å². The fourth-order valence-electron chi connectivity index (χ4n) is 1.48. The molecule has 0 fully saturated rings. The number of pyridine rings is 1. The van der Waals surface area contributed by atoms with Crippen LogP contribution in [0.3, 0.4) is 0 Å². The SMILES string of the molecule is Cc1ccc(Cl)cc1Nc1ccc(C(N)=S)cn1. The molecule has 0 amide bonds. The standard InChI is InChI=1S/C13H12ClN3S/c1-8-2-4-10(14)6-11(8)17-12-5-3-9(7-16-12)13(15)18/h2-7H,1H3,(H2,15,18)(H,16,17). The van der Waals surface area contributed by atoms with Crippen molar-refractivity contribution in [3.8, 4) is 0 Å². The van der Waals surface area contributed by atoms with Crippen LogP contribution in [0.4, 0.5) is 11.5 Å². The number of anilines is 2. The molecule has 2 rings (SSSR count). The van der Waals surface area contributed by atoms with Crippen LogP contribution in [0.2, 0.25) is 5.02 Å². The van der Waals surface area contributed by atoms with Gasteiger partial charge in [0.2, 0.25) is 0 Å². The maximum atomic E-state index is 5.96. The largest absolute Gasteiger partial charge is 0.389 e. The van der Waals surface area contributed by atoms with Gasteiger partial charge in [-0.25, -0.2) is 4.98 Å². The molecule has 0 unspecified atom stereocenters. The normalized spacial score (nSPS) is 10.1. The van der Waals surface area contributed by atoms with Gasteiger partial charge in [0, 0.05) is 22.5 Å². The molecule has 0 aliphatic heterocycles. The van der Waals surface area contributed by atoms with Gasteiger partial charge in [0.15, 0.2) is 0 Å². The molecular weight excluding hydrogens is 266 g/mol. The van der Waals surface area contributed by atoms with E-state index in [0.29, 0.717) is 10.0 Å². The summed E-state index contributed by atoms with van der Waals surface area (Å²) in [5, 5.41) is 3.88. The van der Waals surface area contributed by atoms with Gasteiger partial charge in [-0.15, -0.1) is 0 Å². The second-order valence-corrected chi connectivity index (χ2v) is 4.76. The van der Waals surface area contributed by atoms with Crippen LogP contribution in [0.15, 0.2) is 36.5 Å². The first kappa shape index (κ1) is 12.8. The third kappa shape index (κ3) is 2.97. The first-order chi connectivity index (χ1) is 8.56. The van der Waals surface area contributed by atoms with Crippen molar-refractivity contribution in [2.75, 3.05) is 5.32 Å². The third-order valence-electron chi connectivity index (χ3n) is 2.51. The Morgan fingerprint density at radius 1 is 1.33 bits per heavy atom. The van der Waals surface area contributed by atoms with Crippen molar-refractivity contribution in [3.05, 3.63) is 52.7 Å². The van der Waals surface area contributed by atoms with Crippen LogP contribution in [0, 0.1) is 6.92 Å². The van der Waals surface area contributed by atoms with Crippen molar-refractivity contribution >= 4 is 40.3 Å². The van der Waals surface area contributed by atoms with E-state index in [1.165, 1.54) is 0 Å². The molecule has 1 aromatic carbocycles. The Morgan fingerprint density at radius 2 is 2.11 bits per heavy atom. The summed E-state index contributed by atoms with van der Waals surface area (Å²) in [7, 11) is 0. The number of rotatable bonds is 3. The van der Waals surface area contributed by atoms with Crippen molar-refractivity contribution in [2.24, 2.45) is 5.73 Å². The number of aryl methyl sites for hydroxylation is 1. The molecule has 1 aromatic heterocycles. The average molecular weight is 278 g/mol. The lowest BCUT2D eigenvalue weighted by atomic mass is 10.2. The van der Waals surface area contributed by atoms with Gasteiger partial charge in [-0.2, -0.15) is 0 Å². The van der Waals surface area contributed by atoms with E-state index in [0.717, 1.165) is 22.6 Å². The summed E-state index contributed by atoms with van der Waals surface area (Å²) in [6.07, 6.45) is 1.64. The summed E-state index contributed by atoms with van der Waals surface area (Å²) in [6.45, 7) is 2.00. The molecule has 1 heterocycles. The summed E-state index contributed by atoms with van der Waals surface area (Å²) < 4.78 is 0. The molecule has 2 aromatic rings. The number of nitrogens with one attached hydrogen (secondary N) is 1. The molecule has 0 aliphatic rings. The molecule has 0 atom stereocenters. The van der Waals surface area contributed by atoms with Crippen molar-refractivity contribution in [3.63, 3.8) is 0 Å². The highest BCUT2D eigenvalue weighted by molar-refractivity contribution is 7.80. The van der Waals surface area contributed by atoms with Gasteiger partial charge in [0.25, 0.3) is 0 Å². The first-order valence-corrected chi connectivity index (χ1v) is 6.14. The Morgan fingerprint density at radius 3 is 2.72 bits per heavy atom. The van der Waals surface area contributed by atoms with Crippen LogP contribution in [0.5, 0.6) is 0 Å². The van der Waals surface area contributed by atoms with Crippen LogP contribution in [-0.4, -0.2) is 9.97 Å². The van der Waals surface area contributed by atoms with E-state index in [1.807, 2.05) is 37.3 Å². The summed E-state index contributed by atoms with van der Waals surface area (Å²) in [6, 6.07) is 9.33. The predicted octanol–water partition coefficient (Wildman–Crippen LogP) is 3.42. The van der Waals surface area contributed by atoms with Crippen LogP contribution in [-0.2, 0) is 0 Å². The van der Waals surface area contributed by atoms with E-state index < -0.39 is 0 Å². The fraction of sp³-hybridized carbons (Fsp3) is 0.0769. The number of hydrogen-bond donors (Lipinski definition) is 2. The van der Waals surface area contributed by atoms with E-state index in [4.69, 9.17) is 29.6 Å². The van der Waals surface area contributed by atoms with Crippen molar-refractivity contribution in [1.29, 1.82) is 0 Å². The molecule has 0 saturated carbocycles. The number of thiocarbonyl (C=S) groups is 1. The number of halogens is 1. The molecule has 3 nitrogen and oxygen atoms in total. The van der Waals surface area contributed by atoms with E-state index in [1.54, 1.807) is 6.20 Å². The smallest absolute Gasteiger partial charge is 0.130 e. The molecule has 0 aliphatic carbocycles. The molecule has 92 valence electrons. The van der Waals surface area contributed by atoms with Crippen molar-refractivity contribution in [2.45, 2.75) is 6.92 Å². The number of benzene rings is 1. The monoisotopic (exact) mass is 277 g/mol. The minimum Gasteiger partial charge on any atom is -0.389 e. The Hall–Kier alpha value is -1.65. The van der Waals surface area contributed by atoms with Gasteiger partial charge in [0.1, 0.15) is 10.8 Å². The maximum absolute atomic E-state index is 5.96. The first-order valence-electron chi connectivity index (χ1n) is 5.35. The van der Waals surface area contributed by atoms with E-state index >= 15 is 0 Å². The Bertz CT molecular complexity index is 581. The van der Waals surface area contributed by atoms with Gasteiger partial charge in [-0.05, 0) is 36.8 Å². The second-order valence-electron chi connectivity index (χ2n) is 3.88. The number of nitrogens with two attached hydrogens (primary N) is 1. The number of hydrogen-bond acceptors (Lipinski definition) is 3. The highest BCUT2D eigenvalue weighted by atomic mass is 35.5. The lowest BCUT2D eigenvalue weighted by Crippen LogP contribution is -2.09. The summed E-state index contributed by atoms with van der Waals surface area (Å²) in [4.78, 5) is 4.59. The van der Waals surface area contributed by atoms with Crippen LogP contribution < -0.4 is 11.1 Å². The predicted molar refractivity (Wildman–Crippen MR) is 79.6 cm³/mol. The molecule has 0 bridgehead atoms. The molecule has 0 radical (unpaired) electrons. The summed E-state index contributed by atoms with van der Waals surface area (Å²) >= 11 is 10.8. The molecular formula is C13H12ClN3S. The minimum atomic E-state index is 0.341. The zero-order valence-electron chi connectivity index (χ0n) is 9.77. The van der Waals surface area contributed by atoms with Gasteiger partial charge in [-0.1, -0.05) is 29.9 Å². The second kappa shape index (κ2) is 5.33. The summed E-state index contributed by atoms with van der Waals surface area (Å²) in [5.41, 5.74) is 8.29. The van der Waals surface area contributed by atoms with Crippen molar-refractivity contribution in [1.82, 2.24) is 4.98 Å². The fourth-order valence-corrected chi connectivity index (χ4v) is 1.77. The number of aromatic nitrogens is 1. The highest BCUT2D eigenvalue weighted by Gasteiger charge is 2.02. The molecule has 18 heavy (non-hydrogen) atoms. The Labute approximate surface area is 116 Å². The van der Waals surface area contributed by atoms with Crippen molar-refractivity contribution < 1.29 is 0 Å². The van der Waals surface area contributed by atoms with Gasteiger partial charge < -0.3 is 11.1 Å². The van der Waals surface area contributed by atoms with Crippen LogP contribution in [0.25, 0.3) is 0 Å². The van der Waals surface area contributed by atoms with Crippen LogP contribution in [0.1, 0.15) is 11.1 Å². The van der Waals surface area contributed by atoms with E-state index in [-0.39, 0.29) is 0 Å². The van der Waals surface area contributed by atoms with Gasteiger partial charge in [-0.3, -0.25) is 0 Å². The zero-order valence-corrected chi connectivity index (χ0v) is 11.3. The average Bonchev–Trinajstić information content (AvgIpc) is 2.34. The maximum Gasteiger partial charge on any atom is 0.130 e. The minimum absolute atomic E-state index is 0.341. The van der Waals surface area contributed by atoms with E-state index in [9.17, 15) is 0 Å². The lowest BCUT2D eigenvalue weighted by Gasteiger charge is -2.09. The molecule has 5 heteroatoms. The Kier molecular flexibility index (Phi) is 3.79. The quantitative estimate of drug-likeness (QED) is 0.844. The molecule has 0 saturated heterocycles. The molecule has 0 spiro atoms. The van der Waals surface area contributed by atoms with Crippen LogP contribution >= 0.6 is 23.8 Å². The third-order valence-corrected chi connectivity index (χ3v) is 2.98. The lowest BCUT2D eigenvalue weighted by molar-refractivity contribution is 1.29. The summed E-state index contributed by atoms with van der Waals surface area (Å²) in [5.74, 6) is 0.723. The molecule has 3 N–H and O–H groups in total. The Balaban J connectivity index is 2.23. The zero-order chi connectivity index (χ0) is 13.1. The topological polar surface area (TPSA) is 50.9 Å². The van der Waals surface area contributed by atoms with Gasteiger partial charge >= 0.3 is 0 Å². The van der Waals surface area contributed by atoms with Gasteiger partial charge in [0.05, 0.1) is 0 Å². The highest BCUT2D eigenvalue weighted by Crippen LogP contribution is 2.23.